The minimum atomic E-state index is -0.299. The molecule has 26 heavy (non-hydrogen) atoms. The monoisotopic (exact) mass is 351 g/mol. The summed E-state index contributed by atoms with van der Waals surface area (Å²) in [6, 6.07) is 10.0. The van der Waals surface area contributed by atoms with Crippen LogP contribution in [0.15, 0.2) is 36.4 Å². The number of aromatic amines is 1. The molecule has 5 nitrogen and oxygen atoms in total. The minimum absolute atomic E-state index is 0.00818. The lowest BCUT2D eigenvalue weighted by molar-refractivity contribution is 0.0730. The Morgan fingerprint density at radius 2 is 2.19 bits per heavy atom. The summed E-state index contributed by atoms with van der Waals surface area (Å²) in [7, 11) is 0. The smallest absolute Gasteiger partial charge is 0.254 e. The molecule has 1 amide bonds. The van der Waals surface area contributed by atoms with E-state index in [1.54, 1.807) is 6.07 Å². The molecule has 3 heterocycles. The van der Waals surface area contributed by atoms with Crippen LogP contribution in [0.3, 0.4) is 0 Å². The molecule has 1 saturated heterocycles. The molecule has 0 radical (unpaired) electrons. The van der Waals surface area contributed by atoms with Gasteiger partial charge in [-0.3, -0.25) is 4.79 Å². The number of fused-ring (bicyclic) bond motifs is 2. The van der Waals surface area contributed by atoms with Crippen LogP contribution in [-0.4, -0.2) is 33.9 Å². The highest BCUT2D eigenvalue weighted by Crippen LogP contribution is 2.34. The van der Waals surface area contributed by atoms with Crippen molar-refractivity contribution >= 4 is 16.9 Å². The van der Waals surface area contributed by atoms with Crippen molar-refractivity contribution in [1.29, 1.82) is 0 Å². The van der Waals surface area contributed by atoms with Crippen molar-refractivity contribution in [3.63, 3.8) is 0 Å². The first kappa shape index (κ1) is 15.4. The predicted molar refractivity (Wildman–Crippen MR) is 94.7 cm³/mol. The average molecular weight is 351 g/mol. The molecule has 132 valence electrons. The van der Waals surface area contributed by atoms with E-state index in [9.17, 15) is 9.18 Å². The topological polar surface area (TPSA) is 58.2 Å². The first-order chi connectivity index (χ1) is 12.7. The molecule has 0 spiro atoms. The summed E-state index contributed by atoms with van der Waals surface area (Å²) in [5.41, 5.74) is 3.15. The predicted octanol–water partition coefficient (Wildman–Crippen LogP) is 3.61. The van der Waals surface area contributed by atoms with Gasteiger partial charge in [-0.15, -0.1) is 0 Å². The third kappa shape index (κ3) is 2.44. The van der Waals surface area contributed by atoms with Gasteiger partial charge in [-0.2, -0.15) is 0 Å². The molecule has 1 N–H and O–H groups in total. The summed E-state index contributed by atoms with van der Waals surface area (Å²) < 4.78 is 19.0. The van der Waals surface area contributed by atoms with Crippen molar-refractivity contribution in [1.82, 2.24) is 14.9 Å². The van der Waals surface area contributed by atoms with Crippen LogP contribution in [0, 0.1) is 5.82 Å². The van der Waals surface area contributed by atoms with Crippen LogP contribution in [0.4, 0.5) is 4.39 Å². The SMILES string of the molecule is O=C(c1ccc2c(c1)CCO2)N1CCCC1c1nc2ccc(F)cc2[nH]1. The highest BCUT2D eigenvalue weighted by molar-refractivity contribution is 5.95. The number of aromatic nitrogens is 2. The molecule has 3 aromatic rings. The van der Waals surface area contributed by atoms with Crippen LogP contribution in [0.5, 0.6) is 5.75 Å². The Balaban J connectivity index is 1.46. The van der Waals surface area contributed by atoms with Crippen LogP contribution < -0.4 is 4.74 Å². The van der Waals surface area contributed by atoms with Crippen molar-refractivity contribution in [2.75, 3.05) is 13.2 Å². The van der Waals surface area contributed by atoms with Crippen LogP contribution >= 0.6 is 0 Å². The molecule has 0 saturated carbocycles. The number of rotatable bonds is 2. The van der Waals surface area contributed by atoms with Gasteiger partial charge in [0.2, 0.25) is 0 Å². The quantitative estimate of drug-likeness (QED) is 0.767. The van der Waals surface area contributed by atoms with E-state index in [1.807, 2.05) is 23.1 Å². The number of ether oxygens (including phenoxy) is 1. The number of hydrogen-bond donors (Lipinski definition) is 1. The zero-order valence-corrected chi connectivity index (χ0v) is 14.2. The molecule has 0 bridgehead atoms. The largest absolute Gasteiger partial charge is 0.493 e. The van der Waals surface area contributed by atoms with E-state index >= 15 is 0 Å². The molecular weight excluding hydrogens is 333 g/mol. The molecule has 2 aliphatic heterocycles. The molecule has 5 rings (SSSR count). The van der Waals surface area contributed by atoms with Gasteiger partial charge in [-0.1, -0.05) is 0 Å². The standard InChI is InChI=1S/C20H18FN3O2/c21-14-4-5-15-16(11-14)23-19(22-15)17-2-1-8-24(17)20(25)13-3-6-18-12(10-13)7-9-26-18/h3-6,10-11,17H,1-2,7-9H2,(H,22,23). The highest BCUT2D eigenvalue weighted by Gasteiger charge is 2.33. The van der Waals surface area contributed by atoms with Crippen molar-refractivity contribution in [3.05, 3.63) is 59.2 Å². The summed E-state index contributed by atoms with van der Waals surface area (Å²) in [5.74, 6) is 1.31. The number of amides is 1. The number of H-pyrrole nitrogens is 1. The Morgan fingerprint density at radius 1 is 1.27 bits per heavy atom. The number of hydrogen-bond acceptors (Lipinski definition) is 3. The van der Waals surface area contributed by atoms with Gasteiger partial charge in [0.05, 0.1) is 23.7 Å². The van der Waals surface area contributed by atoms with Gasteiger partial charge in [0.1, 0.15) is 17.4 Å². The van der Waals surface area contributed by atoms with Crippen LogP contribution in [0.2, 0.25) is 0 Å². The van der Waals surface area contributed by atoms with Gasteiger partial charge < -0.3 is 14.6 Å². The highest BCUT2D eigenvalue weighted by atomic mass is 19.1. The van der Waals surface area contributed by atoms with Gasteiger partial charge in [0.15, 0.2) is 0 Å². The third-order valence-electron chi connectivity index (χ3n) is 5.23. The number of carbonyl (C=O) groups is 1. The van der Waals surface area contributed by atoms with E-state index < -0.39 is 0 Å². The summed E-state index contributed by atoms with van der Waals surface area (Å²) in [4.78, 5) is 22.7. The van der Waals surface area contributed by atoms with E-state index in [2.05, 4.69) is 9.97 Å². The second kappa shape index (κ2) is 5.83. The van der Waals surface area contributed by atoms with Crippen LogP contribution in [0.1, 0.15) is 40.6 Å². The fraction of sp³-hybridized carbons (Fsp3) is 0.300. The molecule has 1 fully saturated rings. The Labute approximate surface area is 149 Å². The van der Waals surface area contributed by atoms with Gasteiger partial charge in [0.25, 0.3) is 5.91 Å². The second-order valence-corrected chi connectivity index (χ2v) is 6.86. The van der Waals surface area contributed by atoms with Gasteiger partial charge in [0, 0.05) is 18.5 Å². The van der Waals surface area contributed by atoms with Gasteiger partial charge in [-0.05, 0) is 54.8 Å². The lowest BCUT2D eigenvalue weighted by atomic mass is 10.1. The average Bonchev–Trinajstić information content (AvgIpc) is 3.37. The molecular formula is C20H18FN3O2. The summed E-state index contributed by atoms with van der Waals surface area (Å²) in [6.45, 7) is 1.37. The molecule has 1 atom stereocenters. The zero-order chi connectivity index (χ0) is 17.7. The third-order valence-corrected chi connectivity index (χ3v) is 5.23. The number of carbonyl (C=O) groups excluding carboxylic acids is 1. The second-order valence-electron chi connectivity index (χ2n) is 6.86. The van der Waals surface area contributed by atoms with Crippen molar-refractivity contribution < 1.29 is 13.9 Å². The van der Waals surface area contributed by atoms with Crippen molar-refractivity contribution in [2.45, 2.75) is 25.3 Å². The van der Waals surface area contributed by atoms with Crippen LogP contribution in [-0.2, 0) is 6.42 Å². The first-order valence-corrected chi connectivity index (χ1v) is 8.91. The van der Waals surface area contributed by atoms with Crippen LogP contribution in [0.25, 0.3) is 11.0 Å². The molecule has 1 unspecified atom stereocenters. The molecule has 2 aromatic carbocycles. The Kier molecular flexibility index (Phi) is 3.45. The number of halogens is 1. The number of imidazole rings is 1. The zero-order valence-electron chi connectivity index (χ0n) is 14.2. The fourth-order valence-electron chi connectivity index (χ4n) is 3.94. The normalized spacial score (nSPS) is 19.0. The number of nitrogens with zero attached hydrogens (tertiary/aromatic N) is 2. The van der Waals surface area contributed by atoms with Crippen molar-refractivity contribution in [3.8, 4) is 5.75 Å². The number of benzene rings is 2. The van der Waals surface area contributed by atoms with Crippen molar-refractivity contribution in [2.24, 2.45) is 0 Å². The van der Waals surface area contributed by atoms with Gasteiger partial charge in [-0.25, -0.2) is 9.37 Å². The van der Waals surface area contributed by atoms with E-state index in [1.165, 1.54) is 12.1 Å². The first-order valence-electron chi connectivity index (χ1n) is 8.91. The Hall–Kier alpha value is -2.89. The molecule has 1 aromatic heterocycles. The fourth-order valence-corrected chi connectivity index (χ4v) is 3.94. The maximum absolute atomic E-state index is 13.4. The Bertz CT molecular complexity index is 1010. The summed E-state index contributed by atoms with van der Waals surface area (Å²) >= 11 is 0. The molecule has 6 heteroatoms. The minimum Gasteiger partial charge on any atom is -0.493 e. The molecule has 0 aliphatic carbocycles. The number of nitrogens with one attached hydrogen (secondary N) is 1. The number of likely N-dealkylation sites (tertiary alicyclic amines) is 1. The summed E-state index contributed by atoms with van der Waals surface area (Å²) in [5, 5.41) is 0. The molecule has 2 aliphatic rings. The maximum Gasteiger partial charge on any atom is 0.254 e. The van der Waals surface area contributed by atoms with E-state index in [0.717, 1.165) is 41.9 Å². The van der Waals surface area contributed by atoms with E-state index in [0.29, 0.717) is 24.2 Å². The summed E-state index contributed by atoms with van der Waals surface area (Å²) in [6.07, 6.45) is 2.62. The Morgan fingerprint density at radius 3 is 3.12 bits per heavy atom. The van der Waals surface area contributed by atoms with E-state index in [-0.39, 0.29) is 17.8 Å². The van der Waals surface area contributed by atoms with Gasteiger partial charge >= 0.3 is 0 Å². The lowest BCUT2D eigenvalue weighted by Crippen LogP contribution is -2.31. The van der Waals surface area contributed by atoms with E-state index in [4.69, 9.17) is 4.74 Å². The maximum atomic E-state index is 13.4. The lowest BCUT2D eigenvalue weighted by Gasteiger charge is -2.23.